The standard InChI is InChI=1S/C24H27N7O.C21H24N6O2.C2H4N2.ClH/c1-17-14-26-24(28-20-15-27-31(16-20)21-9-12-30(2)13-10-21)29-23(17)19-7-5-18(6-8-19)22(32)4-3-11-25;1-14-11-22-21(25-19(14)15-3-5-16(6-4-15)20(28)29)24-17-12-23-27(13-17)18-7-9-26(2)10-8-18;3-1-2-4;/h5-8,14-16,21H,3-4,9-10,12-13H2,1-2H3,(H,26,28,29);3-6,11-13,18H,7-10H2,1-2H3,(H,28,29)(H,22,24,25);1,3H2;1H. The lowest BCUT2D eigenvalue weighted by Gasteiger charge is -2.28. The molecule has 0 unspecified atom stereocenters. The first-order chi connectivity index (χ1) is 31.4. The van der Waals surface area contributed by atoms with E-state index in [-0.39, 0.29) is 43.1 Å². The second-order valence-electron chi connectivity index (χ2n) is 16.1. The summed E-state index contributed by atoms with van der Waals surface area (Å²) in [5.41, 5.74) is 12.4. The molecule has 2 fully saturated rings. The molecule has 66 heavy (non-hydrogen) atoms. The van der Waals surface area contributed by atoms with E-state index in [4.69, 9.17) is 20.6 Å². The number of aromatic nitrogens is 8. The van der Waals surface area contributed by atoms with Crippen LogP contribution in [0.3, 0.4) is 0 Å². The third-order valence-corrected chi connectivity index (χ3v) is 11.2. The van der Waals surface area contributed by atoms with Gasteiger partial charge in [-0.25, -0.2) is 24.7 Å². The highest BCUT2D eigenvalue weighted by atomic mass is 35.5. The molecule has 18 nitrogen and oxygen atoms in total. The van der Waals surface area contributed by atoms with Crippen LogP contribution in [0.1, 0.15) is 82.5 Å². The molecule has 6 aromatic rings. The number of nitrogens with zero attached hydrogens (tertiary/aromatic N) is 12. The monoisotopic (exact) mass is 913 g/mol. The highest BCUT2D eigenvalue weighted by Crippen LogP contribution is 2.28. The van der Waals surface area contributed by atoms with Crippen LogP contribution in [-0.2, 0) is 0 Å². The van der Waals surface area contributed by atoms with Gasteiger partial charge in [0, 0.05) is 54.3 Å². The van der Waals surface area contributed by atoms with Gasteiger partial charge in [-0.1, -0.05) is 36.4 Å². The molecular formula is C47H56ClN15O3. The summed E-state index contributed by atoms with van der Waals surface area (Å²) in [6.07, 6.45) is 16.0. The Morgan fingerprint density at radius 3 is 1.48 bits per heavy atom. The molecule has 2 aromatic carbocycles. The molecule has 2 aliphatic heterocycles. The maximum absolute atomic E-state index is 12.1. The van der Waals surface area contributed by atoms with Gasteiger partial charge in [0.2, 0.25) is 11.9 Å². The lowest BCUT2D eigenvalue weighted by Crippen LogP contribution is -2.31. The number of aromatic carboxylic acids is 1. The van der Waals surface area contributed by atoms with Crippen LogP contribution in [0.2, 0.25) is 0 Å². The van der Waals surface area contributed by atoms with E-state index in [0.717, 1.165) is 96.9 Å². The molecule has 2 saturated heterocycles. The number of nitriles is 2. The number of nitrogens with one attached hydrogen (secondary N) is 2. The molecular weight excluding hydrogens is 858 g/mol. The number of anilines is 4. The summed E-state index contributed by atoms with van der Waals surface area (Å²) >= 11 is 0. The Hall–Kier alpha value is -7.09. The number of likely N-dealkylation sites (tertiary alicyclic amines) is 2. The number of halogens is 1. The molecule has 19 heteroatoms. The van der Waals surface area contributed by atoms with Crippen molar-refractivity contribution in [3.8, 4) is 34.7 Å². The quantitative estimate of drug-likeness (QED) is 0.0690. The number of nitrogens with two attached hydrogens (primary N) is 1. The number of hydrogen-bond donors (Lipinski definition) is 4. The van der Waals surface area contributed by atoms with Crippen molar-refractivity contribution in [1.82, 2.24) is 49.3 Å². The van der Waals surface area contributed by atoms with Gasteiger partial charge in [0.25, 0.3) is 0 Å². The Morgan fingerprint density at radius 2 is 1.11 bits per heavy atom. The number of carboxylic acid groups (broad SMARTS) is 1. The Labute approximate surface area is 390 Å². The maximum Gasteiger partial charge on any atom is 0.335 e. The normalized spacial score (nSPS) is 14.2. The summed E-state index contributed by atoms with van der Waals surface area (Å²) in [6.45, 7) is 8.35. The van der Waals surface area contributed by atoms with Crippen molar-refractivity contribution in [3.05, 3.63) is 108 Å². The van der Waals surface area contributed by atoms with E-state index in [1.807, 2.05) is 60.0 Å². The van der Waals surface area contributed by atoms with Gasteiger partial charge in [0.1, 0.15) is 0 Å². The summed E-state index contributed by atoms with van der Waals surface area (Å²) in [7, 11) is 4.30. The molecule has 2 aliphatic rings. The first kappa shape index (κ1) is 49.9. The van der Waals surface area contributed by atoms with Crippen LogP contribution in [0, 0.1) is 36.5 Å². The molecule has 8 rings (SSSR count). The third-order valence-electron chi connectivity index (χ3n) is 11.2. The average Bonchev–Trinajstić information content (AvgIpc) is 4.00. The smallest absolute Gasteiger partial charge is 0.335 e. The number of aryl methyl sites for hydroxylation is 2. The van der Waals surface area contributed by atoms with Gasteiger partial charge in [0.05, 0.1) is 71.5 Å². The van der Waals surface area contributed by atoms with Crippen LogP contribution in [0.15, 0.2) is 85.7 Å². The van der Waals surface area contributed by atoms with Crippen LogP contribution in [0.4, 0.5) is 23.3 Å². The number of piperidine rings is 2. The first-order valence-electron chi connectivity index (χ1n) is 21.5. The van der Waals surface area contributed by atoms with E-state index in [1.165, 1.54) is 0 Å². The zero-order valence-electron chi connectivity index (χ0n) is 37.6. The number of carbonyl (C=O) groups excluding carboxylic acids is 1. The van der Waals surface area contributed by atoms with E-state index < -0.39 is 5.97 Å². The number of rotatable bonds is 12. The van der Waals surface area contributed by atoms with Crippen LogP contribution in [0.5, 0.6) is 0 Å². The van der Waals surface area contributed by atoms with Crippen LogP contribution >= 0.6 is 12.4 Å². The predicted octanol–water partition coefficient (Wildman–Crippen LogP) is 7.39. The number of Topliss-reactive ketones (excluding diaryl/α,β-unsaturated/α-hetero) is 1. The highest BCUT2D eigenvalue weighted by molar-refractivity contribution is 5.96. The van der Waals surface area contributed by atoms with Crippen molar-refractivity contribution >= 4 is 47.4 Å². The Kier molecular flexibility index (Phi) is 18.4. The molecule has 5 N–H and O–H groups in total. The highest BCUT2D eigenvalue weighted by Gasteiger charge is 2.21. The fourth-order valence-corrected chi connectivity index (χ4v) is 7.47. The minimum atomic E-state index is -0.945. The van der Waals surface area contributed by atoms with Crippen molar-refractivity contribution in [2.75, 3.05) is 57.5 Å². The van der Waals surface area contributed by atoms with E-state index in [0.29, 0.717) is 29.5 Å². The summed E-state index contributed by atoms with van der Waals surface area (Å²) < 4.78 is 4.06. The molecule has 0 spiro atoms. The zero-order valence-corrected chi connectivity index (χ0v) is 38.4. The number of benzene rings is 2. The van der Waals surface area contributed by atoms with Gasteiger partial charge in [0.15, 0.2) is 5.78 Å². The molecule has 0 radical (unpaired) electrons. The predicted molar refractivity (Wildman–Crippen MR) is 255 cm³/mol. The van der Waals surface area contributed by atoms with Crippen LogP contribution < -0.4 is 16.4 Å². The number of carbonyl (C=O) groups is 2. The van der Waals surface area contributed by atoms with Gasteiger partial charge in [-0.3, -0.25) is 14.2 Å². The fourth-order valence-electron chi connectivity index (χ4n) is 7.47. The third kappa shape index (κ3) is 13.7. The average molecular weight is 915 g/mol. The molecule has 0 amide bonds. The largest absolute Gasteiger partial charge is 0.478 e. The van der Waals surface area contributed by atoms with Crippen molar-refractivity contribution in [3.63, 3.8) is 0 Å². The number of carboxylic acids is 1. The minimum Gasteiger partial charge on any atom is -0.478 e. The maximum atomic E-state index is 12.1. The molecule has 0 atom stereocenters. The number of ketones is 1. The van der Waals surface area contributed by atoms with E-state index >= 15 is 0 Å². The van der Waals surface area contributed by atoms with Crippen molar-refractivity contribution in [2.24, 2.45) is 5.73 Å². The number of hydrogen-bond acceptors (Lipinski definition) is 15. The summed E-state index contributed by atoms with van der Waals surface area (Å²) in [6, 6.07) is 18.6. The first-order valence-corrected chi connectivity index (χ1v) is 21.5. The van der Waals surface area contributed by atoms with Gasteiger partial charge < -0.3 is 31.3 Å². The van der Waals surface area contributed by atoms with Gasteiger partial charge in [-0.05, 0) is 103 Å². The molecule has 0 bridgehead atoms. The Morgan fingerprint density at radius 1 is 0.697 bits per heavy atom. The van der Waals surface area contributed by atoms with E-state index in [9.17, 15) is 9.59 Å². The summed E-state index contributed by atoms with van der Waals surface area (Å²) in [4.78, 5) is 46.0. The van der Waals surface area contributed by atoms with E-state index in [2.05, 4.69) is 65.4 Å². The molecule has 0 aliphatic carbocycles. The second-order valence-corrected chi connectivity index (χ2v) is 16.1. The summed E-state index contributed by atoms with van der Waals surface area (Å²) in [5, 5.41) is 40.8. The second kappa shape index (κ2) is 24.3. The zero-order chi connectivity index (χ0) is 46.3. The van der Waals surface area contributed by atoms with Crippen molar-refractivity contribution < 1.29 is 14.7 Å². The molecule has 0 saturated carbocycles. The van der Waals surface area contributed by atoms with Gasteiger partial charge >= 0.3 is 5.97 Å². The van der Waals surface area contributed by atoms with Gasteiger partial charge in [-0.2, -0.15) is 20.7 Å². The van der Waals surface area contributed by atoms with Gasteiger partial charge in [-0.15, -0.1) is 12.4 Å². The van der Waals surface area contributed by atoms with Crippen LogP contribution in [0.25, 0.3) is 22.5 Å². The molecule has 4 aromatic heterocycles. The summed E-state index contributed by atoms with van der Waals surface area (Å²) in [5.74, 6) is 0.0139. The van der Waals surface area contributed by atoms with Crippen molar-refractivity contribution in [2.45, 2.75) is 64.5 Å². The van der Waals surface area contributed by atoms with Crippen molar-refractivity contribution in [1.29, 1.82) is 10.5 Å². The van der Waals surface area contributed by atoms with Crippen LogP contribution in [-0.4, -0.2) is 113 Å². The Bertz CT molecular complexity index is 2600. The molecule has 6 heterocycles. The lowest BCUT2D eigenvalue weighted by atomic mass is 10.0. The fraction of sp³-hybridized carbons (Fsp3) is 0.362. The topological polar surface area (TPSA) is 246 Å². The van der Waals surface area contributed by atoms with E-state index in [1.54, 1.807) is 61.1 Å². The lowest BCUT2D eigenvalue weighted by molar-refractivity contribution is 0.0696. The SMILES string of the molecule is Cc1cnc(Nc2cnn(C3CCN(C)CC3)c2)nc1-c1ccc(C(=O)CCC#N)cc1.Cc1cnc(Nc2cnn(C3CCN(C)CC3)c2)nc1-c1ccc(C(=O)O)cc1.Cl.N#CCN. The Balaban J connectivity index is 0.000000227. The minimum absolute atomic E-state index is 0. The molecule has 344 valence electrons.